The maximum atomic E-state index is 11.8. The molecule has 0 aliphatic carbocycles. The predicted octanol–water partition coefficient (Wildman–Crippen LogP) is -2.45. The average molecular weight is 334 g/mol. The Bertz CT molecular complexity index is 843. The fraction of sp³-hybridized carbons (Fsp3) is 0.0833. The normalized spacial score (nSPS) is 16.6. The molecule has 0 aromatic heterocycles. The summed E-state index contributed by atoms with van der Waals surface area (Å²) in [6.07, 6.45) is 0. The van der Waals surface area contributed by atoms with Crippen LogP contribution in [0.2, 0.25) is 0 Å². The van der Waals surface area contributed by atoms with Crippen LogP contribution in [-0.2, 0) is 15.0 Å². The molecule has 0 unspecified atom stereocenters. The number of hydrogen-bond donors (Lipinski definition) is 3. The number of amides is 1. The summed E-state index contributed by atoms with van der Waals surface area (Å²) >= 11 is 0. The van der Waals surface area contributed by atoms with Crippen molar-refractivity contribution in [3.05, 3.63) is 30.3 Å². The number of phenolic OH excluding ortho intramolecular Hbond substituents is 2. The topological polar surface area (TPSA) is 107 Å². The molecule has 106 valence electrons. The number of carbonyl (C=O) groups is 1. The first-order valence-electron chi connectivity index (χ1n) is 5.66. The second-order valence-electron chi connectivity index (χ2n) is 4.41. The van der Waals surface area contributed by atoms with Gasteiger partial charge in [-0.15, -0.1) is 0 Å². The van der Waals surface area contributed by atoms with Gasteiger partial charge in [0.15, 0.2) is 0 Å². The van der Waals surface area contributed by atoms with E-state index < -0.39 is 16.1 Å². The Morgan fingerprint density at radius 2 is 1.86 bits per heavy atom. The molecule has 3 N–H and O–H groups in total. The molecular formula is C12H11KN2O5S. The van der Waals surface area contributed by atoms with Crippen LogP contribution in [0, 0.1) is 0 Å². The van der Waals surface area contributed by atoms with Gasteiger partial charge in [-0.3, -0.25) is 4.79 Å². The minimum absolute atomic E-state index is 0. The zero-order chi connectivity index (χ0) is 14.5. The van der Waals surface area contributed by atoms with Crippen molar-refractivity contribution in [2.45, 2.75) is 0 Å². The summed E-state index contributed by atoms with van der Waals surface area (Å²) in [6.45, 7) is -0.376. The number of carbonyl (C=O) groups excluding carboxylic acids is 1. The smallest absolute Gasteiger partial charge is 1.00 e. The number of anilines is 1. The molecule has 3 rings (SSSR count). The summed E-state index contributed by atoms with van der Waals surface area (Å²) in [5.41, 5.74) is 0.0153. The largest absolute Gasteiger partial charge is 1.00 e. The van der Waals surface area contributed by atoms with Crippen LogP contribution in [0.1, 0.15) is 1.43 Å². The van der Waals surface area contributed by atoms with E-state index in [1.807, 2.05) is 4.72 Å². The summed E-state index contributed by atoms with van der Waals surface area (Å²) in [6, 6.07) is 7.27. The van der Waals surface area contributed by atoms with Crippen LogP contribution < -0.4 is 60.4 Å². The zero-order valence-electron chi connectivity index (χ0n) is 12.1. The standard InChI is InChI=1S/C12H10N2O5S.K.H/c15-9-2-1-7-4-10(11(16)5-8(7)3-9)14-6-12(17)13-20(14,18)19;;/h1-5,15-16H,6H2,(H,13,17);;/q;+1;-1. The molecular weight excluding hydrogens is 323 g/mol. The van der Waals surface area contributed by atoms with E-state index in [0.717, 1.165) is 4.31 Å². The van der Waals surface area contributed by atoms with E-state index in [-0.39, 0.29) is 76.5 Å². The van der Waals surface area contributed by atoms with Gasteiger partial charge in [-0.25, -0.2) is 9.03 Å². The van der Waals surface area contributed by atoms with Crippen molar-refractivity contribution < 1.29 is 76.2 Å². The van der Waals surface area contributed by atoms with Crippen molar-refractivity contribution in [3.8, 4) is 11.5 Å². The Balaban J connectivity index is 0.00000121. The molecule has 21 heavy (non-hydrogen) atoms. The van der Waals surface area contributed by atoms with E-state index in [1.54, 1.807) is 6.07 Å². The first-order valence-corrected chi connectivity index (χ1v) is 7.10. The van der Waals surface area contributed by atoms with Gasteiger partial charge in [0.05, 0.1) is 5.69 Å². The number of benzene rings is 2. The van der Waals surface area contributed by atoms with E-state index in [2.05, 4.69) is 0 Å². The van der Waals surface area contributed by atoms with E-state index in [1.165, 1.54) is 24.3 Å². The van der Waals surface area contributed by atoms with Gasteiger partial charge in [-0.2, -0.15) is 8.42 Å². The number of hydrogen-bond acceptors (Lipinski definition) is 5. The van der Waals surface area contributed by atoms with Gasteiger partial charge in [-0.1, -0.05) is 6.07 Å². The molecule has 1 heterocycles. The number of rotatable bonds is 1. The van der Waals surface area contributed by atoms with E-state index in [9.17, 15) is 23.4 Å². The first-order chi connectivity index (χ1) is 9.37. The molecule has 2 aromatic carbocycles. The van der Waals surface area contributed by atoms with Crippen LogP contribution in [0.3, 0.4) is 0 Å². The summed E-state index contributed by atoms with van der Waals surface area (Å²) in [5.74, 6) is -0.909. The molecule has 0 radical (unpaired) electrons. The molecule has 0 atom stereocenters. The van der Waals surface area contributed by atoms with Crippen LogP contribution in [0.15, 0.2) is 30.3 Å². The number of nitrogens with zero attached hydrogens (tertiary/aromatic N) is 1. The number of nitrogens with one attached hydrogen (secondary N) is 1. The summed E-state index contributed by atoms with van der Waals surface area (Å²) < 4.78 is 26.2. The second-order valence-corrected chi connectivity index (χ2v) is 6.00. The quantitative estimate of drug-likeness (QED) is 0.502. The molecule has 0 bridgehead atoms. The van der Waals surface area contributed by atoms with Gasteiger partial charge in [0.2, 0.25) is 0 Å². The SMILES string of the molecule is O=C1CN(c2cc3ccc(O)cc3cc2O)S(=O)(=O)N1.[H-].[K+]. The molecule has 2 aromatic rings. The van der Waals surface area contributed by atoms with Crippen LogP contribution in [0.5, 0.6) is 11.5 Å². The Morgan fingerprint density at radius 1 is 1.14 bits per heavy atom. The molecule has 0 spiro atoms. The van der Waals surface area contributed by atoms with Crippen LogP contribution in [0.4, 0.5) is 5.69 Å². The maximum Gasteiger partial charge on any atom is 1.00 e. The third-order valence-electron chi connectivity index (χ3n) is 3.01. The van der Waals surface area contributed by atoms with Crippen molar-refractivity contribution in [2.24, 2.45) is 0 Å². The first kappa shape index (κ1) is 16.5. The minimum Gasteiger partial charge on any atom is -1.00 e. The van der Waals surface area contributed by atoms with Crippen molar-refractivity contribution >= 4 is 32.6 Å². The van der Waals surface area contributed by atoms with Crippen LogP contribution in [0.25, 0.3) is 10.8 Å². The third kappa shape index (κ3) is 3.03. The van der Waals surface area contributed by atoms with Gasteiger partial charge in [-0.05, 0) is 35.0 Å². The van der Waals surface area contributed by atoms with Crippen molar-refractivity contribution in [2.75, 3.05) is 10.8 Å². The summed E-state index contributed by atoms with van der Waals surface area (Å²) in [7, 11) is -3.96. The van der Waals surface area contributed by atoms with Crippen LogP contribution >= 0.6 is 0 Å². The Hall–Kier alpha value is -0.844. The molecule has 9 heteroatoms. The zero-order valence-corrected chi connectivity index (χ0v) is 15.0. The van der Waals surface area contributed by atoms with E-state index in [0.29, 0.717) is 10.8 Å². The van der Waals surface area contributed by atoms with Crippen molar-refractivity contribution in [3.63, 3.8) is 0 Å². The Labute approximate surface area is 164 Å². The van der Waals surface area contributed by atoms with Gasteiger partial charge in [0.25, 0.3) is 5.91 Å². The number of aromatic hydroxyl groups is 2. The maximum absolute atomic E-state index is 11.8. The number of phenols is 2. The Morgan fingerprint density at radius 3 is 2.48 bits per heavy atom. The monoisotopic (exact) mass is 334 g/mol. The van der Waals surface area contributed by atoms with Gasteiger partial charge < -0.3 is 11.6 Å². The predicted molar refractivity (Wildman–Crippen MR) is 72.8 cm³/mol. The van der Waals surface area contributed by atoms with Crippen LogP contribution in [-0.4, -0.2) is 31.1 Å². The summed E-state index contributed by atoms with van der Waals surface area (Å²) in [5, 5.41) is 20.5. The molecule has 1 aliphatic heterocycles. The minimum atomic E-state index is -3.96. The van der Waals surface area contributed by atoms with Gasteiger partial charge in [0, 0.05) is 0 Å². The molecule has 1 fully saturated rings. The molecule has 1 amide bonds. The van der Waals surface area contributed by atoms with E-state index >= 15 is 0 Å². The van der Waals surface area contributed by atoms with Crippen molar-refractivity contribution in [1.82, 2.24) is 4.72 Å². The van der Waals surface area contributed by atoms with Crippen molar-refractivity contribution in [1.29, 1.82) is 0 Å². The molecule has 1 aliphatic rings. The molecule has 7 nitrogen and oxygen atoms in total. The number of fused-ring (bicyclic) bond motifs is 1. The molecule has 1 saturated heterocycles. The summed E-state index contributed by atoms with van der Waals surface area (Å²) in [4.78, 5) is 11.2. The second kappa shape index (κ2) is 5.74. The Kier molecular flexibility index (Phi) is 4.52. The third-order valence-corrected chi connectivity index (χ3v) is 4.40. The fourth-order valence-electron chi connectivity index (χ4n) is 2.12. The van der Waals surface area contributed by atoms with Gasteiger partial charge >= 0.3 is 61.6 Å². The molecule has 0 saturated carbocycles. The fourth-order valence-corrected chi connectivity index (χ4v) is 3.28. The van der Waals surface area contributed by atoms with Gasteiger partial charge in [0.1, 0.15) is 18.0 Å². The van der Waals surface area contributed by atoms with E-state index in [4.69, 9.17) is 0 Å². The average Bonchev–Trinajstić information content (AvgIpc) is 2.61.